The van der Waals surface area contributed by atoms with Crippen molar-refractivity contribution in [2.45, 2.75) is 19.3 Å². The van der Waals surface area contributed by atoms with Crippen LogP contribution in [0.1, 0.15) is 11.5 Å². The number of aromatic nitrogens is 3. The Kier molecular flexibility index (Phi) is 4.30. The quantitative estimate of drug-likeness (QED) is 0.900. The summed E-state index contributed by atoms with van der Waals surface area (Å²) in [5.74, 6) is 0.211. The van der Waals surface area contributed by atoms with E-state index in [0.717, 1.165) is 0 Å². The Bertz CT molecular complexity index is 571. The molecule has 0 saturated carbocycles. The summed E-state index contributed by atoms with van der Waals surface area (Å²) in [6, 6.07) is 3.29. The summed E-state index contributed by atoms with van der Waals surface area (Å²) in [7, 11) is 0. The second-order valence-electron chi connectivity index (χ2n) is 3.86. The number of rotatable bonds is 5. The van der Waals surface area contributed by atoms with Crippen LogP contribution in [0, 0.1) is 0 Å². The van der Waals surface area contributed by atoms with Gasteiger partial charge in [0, 0.05) is 18.3 Å². The highest BCUT2D eigenvalue weighted by Crippen LogP contribution is 2.18. The Hall–Kier alpha value is -2.00. The SMILES string of the molecule is NCc1cc(-c2nc(COCC(F)(F)F)no2)ccn1. The van der Waals surface area contributed by atoms with Crippen molar-refractivity contribution in [3.05, 3.63) is 29.8 Å². The first-order chi connectivity index (χ1) is 9.48. The fourth-order valence-electron chi connectivity index (χ4n) is 1.41. The molecule has 0 aliphatic heterocycles. The molecule has 0 fully saturated rings. The highest BCUT2D eigenvalue weighted by atomic mass is 19.4. The average Bonchev–Trinajstić information content (AvgIpc) is 2.86. The zero-order valence-corrected chi connectivity index (χ0v) is 10.2. The molecule has 0 radical (unpaired) electrons. The van der Waals surface area contributed by atoms with Crippen molar-refractivity contribution in [2.24, 2.45) is 5.73 Å². The number of hydrogen-bond donors (Lipinski definition) is 1. The highest BCUT2D eigenvalue weighted by Gasteiger charge is 2.27. The number of pyridine rings is 1. The fraction of sp³-hybridized carbons (Fsp3) is 0.364. The standard InChI is InChI=1S/C11H11F3N4O2/c12-11(13,14)6-19-5-9-17-10(20-18-9)7-1-2-16-8(3-7)4-15/h1-3H,4-6,15H2. The van der Waals surface area contributed by atoms with Crippen molar-refractivity contribution >= 4 is 0 Å². The van der Waals surface area contributed by atoms with Gasteiger partial charge < -0.3 is 15.0 Å². The maximum atomic E-state index is 11.9. The molecule has 6 nitrogen and oxygen atoms in total. The number of ether oxygens (including phenoxy) is 1. The maximum absolute atomic E-state index is 11.9. The second-order valence-corrected chi connectivity index (χ2v) is 3.86. The molecule has 0 atom stereocenters. The molecule has 0 saturated heterocycles. The summed E-state index contributed by atoms with van der Waals surface area (Å²) in [5.41, 5.74) is 6.68. The molecule has 0 unspecified atom stereocenters. The molecule has 9 heteroatoms. The predicted molar refractivity (Wildman–Crippen MR) is 61.1 cm³/mol. The van der Waals surface area contributed by atoms with E-state index < -0.39 is 12.8 Å². The molecule has 2 rings (SSSR count). The van der Waals surface area contributed by atoms with Crippen LogP contribution in [-0.2, 0) is 17.9 Å². The third kappa shape index (κ3) is 4.00. The fourth-order valence-corrected chi connectivity index (χ4v) is 1.41. The zero-order valence-electron chi connectivity index (χ0n) is 10.2. The van der Waals surface area contributed by atoms with Gasteiger partial charge in [-0.3, -0.25) is 4.98 Å². The molecule has 0 aliphatic carbocycles. The van der Waals surface area contributed by atoms with Gasteiger partial charge in [-0.2, -0.15) is 18.2 Å². The van der Waals surface area contributed by atoms with Crippen LogP contribution in [0.2, 0.25) is 0 Å². The van der Waals surface area contributed by atoms with Crippen molar-refractivity contribution in [3.63, 3.8) is 0 Å². The first-order valence-electron chi connectivity index (χ1n) is 5.60. The van der Waals surface area contributed by atoms with Gasteiger partial charge in [-0.15, -0.1) is 0 Å². The lowest BCUT2D eigenvalue weighted by molar-refractivity contribution is -0.177. The average molecular weight is 288 g/mol. The van der Waals surface area contributed by atoms with Gasteiger partial charge in [0.05, 0.1) is 5.69 Å². The van der Waals surface area contributed by atoms with Crippen molar-refractivity contribution in [1.29, 1.82) is 0 Å². The van der Waals surface area contributed by atoms with E-state index in [1.165, 1.54) is 6.20 Å². The third-order valence-corrected chi connectivity index (χ3v) is 2.24. The molecule has 2 N–H and O–H groups in total. The van der Waals surface area contributed by atoms with Gasteiger partial charge in [0.15, 0.2) is 5.82 Å². The molecule has 0 bridgehead atoms. The van der Waals surface area contributed by atoms with Gasteiger partial charge in [0.25, 0.3) is 5.89 Å². The normalized spacial score (nSPS) is 11.8. The Labute approximate surface area is 111 Å². The Morgan fingerprint density at radius 2 is 2.15 bits per heavy atom. The van der Waals surface area contributed by atoms with Crippen molar-refractivity contribution in [3.8, 4) is 11.5 Å². The number of nitrogens with two attached hydrogens (primary N) is 1. The molecule has 20 heavy (non-hydrogen) atoms. The molecule has 0 amide bonds. The lowest BCUT2D eigenvalue weighted by atomic mass is 10.2. The van der Waals surface area contributed by atoms with Crippen LogP contribution in [0.4, 0.5) is 13.2 Å². The first-order valence-corrected chi connectivity index (χ1v) is 5.60. The highest BCUT2D eigenvalue weighted by molar-refractivity contribution is 5.52. The maximum Gasteiger partial charge on any atom is 0.411 e. The van der Waals surface area contributed by atoms with Crippen LogP contribution < -0.4 is 5.73 Å². The summed E-state index contributed by atoms with van der Waals surface area (Å²) in [5, 5.41) is 3.54. The summed E-state index contributed by atoms with van der Waals surface area (Å²) in [4.78, 5) is 7.94. The van der Waals surface area contributed by atoms with Crippen LogP contribution in [0.5, 0.6) is 0 Å². The topological polar surface area (TPSA) is 87.1 Å². The summed E-state index contributed by atoms with van der Waals surface area (Å²) in [6.07, 6.45) is -2.85. The van der Waals surface area contributed by atoms with Crippen LogP contribution in [-0.4, -0.2) is 27.9 Å². The summed E-state index contributed by atoms with van der Waals surface area (Å²) in [6.45, 7) is -1.48. The van der Waals surface area contributed by atoms with E-state index >= 15 is 0 Å². The zero-order chi connectivity index (χ0) is 14.6. The monoisotopic (exact) mass is 288 g/mol. The number of alkyl halides is 3. The van der Waals surface area contributed by atoms with E-state index in [0.29, 0.717) is 11.3 Å². The van der Waals surface area contributed by atoms with Crippen LogP contribution in [0.25, 0.3) is 11.5 Å². The smallest absolute Gasteiger partial charge is 0.364 e. The minimum absolute atomic E-state index is 0.0374. The largest absolute Gasteiger partial charge is 0.411 e. The molecule has 2 aromatic rings. The number of nitrogens with zero attached hydrogens (tertiary/aromatic N) is 3. The number of halogens is 3. The molecular formula is C11H11F3N4O2. The van der Waals surface area contributed by atoms with Gasteiger partial charge in [-0.1, -0.05) is 5.16 Å². The molecule has 0 aromatic carbocycles. The molecule has 108 valence electrons. The first kappa shape index (κ1) is 14.4. The molecule has 0 spiro atoms. The van der Waals surface area contributed by atoms with Crippen molar-refractivity contribution < 1.29 is 22.4 Å². The minimum Gasteiger partial charge on any atom is -0.364 e. The van der Waals surface area contributed by atoms with E-state index in [1.807, 2.05) is 0 Å². The minimum atomic E-state index is -4.38. The Morgan fingerprint density at radius 1 is 1.35 bits per heavy atom. The predicted octanol–water partition coefficient (Wildman–Crippen LogP) is 1.67. The van der Waals surface area contributed by atoms with E-state index in [9.17, 15) is 13.2 Å². The van der Waals surface area contributed by atoms with Gasteiger partial charge in [-0.25, -0.2) is 0 Å². The lowest BCUT2D eigenvalue weighted by Gasteiger charge is -2.04. The Balaban J connectivity index is 2.01. The van der Waals surface area contributed by atoms with Crippen LogP contribution in [0.3, 0.4) is 0 Å². The van der Waals surface area contributed by atoms with Gasteiger partial charge in [0.1, 0.15) is 13.2 Å². The third-order valence-electron chi connectivity index (χ3n) is 2.24. The van der Waals surface area contributed by atoms with E-state index in [-0.39, 0.29) is 24.9 Å². The van der Waals surface area contributed by atoms with Crippen LogP contribution >= 0.6 is 0 Å². The molecule has 2 aromatic heterocycles. The van der Waals surface area contributed by atoms with E-state index in [1.54, 1.807) is 12.1 Å². The van der Waals surface area contributed by atoms with Gasteiger partial charge >= 0.3 is 6.18 Å². The number of hydrogen-bond acceptors (Lipinski definition) is 6. The molecule has 2 heterocycles. The van der Waals surface area contributed by atoms with Gasteiger partial charge in [0.2, 0.25) is 0 Å². The molecular weight excluding hydrogens is 277 g/mol. The van der Waals surface area contributed by atoms with Gasteiger partial charge in [-0.05, 0) is 12.1 Å². The van der Waals surface area contributed by atoms with E-state index in [2.05, 4.69) is 19.9 Å². The van der Waals surface area contributed by atoms with Crippen molar-refractivity contribution in [2.75, 3.05) is 6.61 Å². The van der Waals surface area contributed by atoms with Crippen LogP contribution in [0.15, 0.2) is 22.9 Å². The van der Waals surface area contributed by atoms with Crippen molar-refractivity contribution in [1.82, 2.24) is 15.1 Å². The molecule has 0 aliphatic rings. The Morgan fingerprint density at radius 3 is 2.85 bits per heavy atom. The van der Waals surface area contributed by atoms with E-state index in [4.69, 9.17) is 10.3 Å². The summed E-state index contributed by atoms with van der Waals surface area (Å²) < 4.78 is 45.1. The lowest BCUT2D eigenvalue weighted by Crippen LogP contribution is -2.16. The summed E-state index contributed by atoms with van der Waals surface area (Å²) >= 11 is 0. The second kappa shape index (κ2) is 5.97.